The molecule has 3 aromatic carbocycles. The van der Waals surface area contributed by atoms with Crippen molar-refractivity contribution in [1.82, 2.24) is 4.90 Å². The lowest BCUT2D eigenvalue weighted by molar-refractivity contribution is 0.0793. The van der Waals surface area contributed by atoms with E-state index in [0.29, 0.717) is 11.3 Å². The number of likely N-dealkylation sites (tertiary alicyclic amines) is 1. The number of nitrogens with zero attached hydrogens (tertiary/aromatic N) is 2. The number of anilines is 3. The number of urea groups is 1. The highest BCUT2D eigenvalue weighted by atomic mass is 16.2. The molecule has 2 heterocycles. The molecular weight excluding hydrogens is 484 g/mol. The number of hydrogen-bond donors (Lipinski definition) is 2. The van der Waals surface area contributed by atoms with Gasteiger partial charge >= 0.3 is 6.03 Å². The van der Waals surface area contributed by atoms with Crippen LogP contribution in [0.3, 0.4) is 0 Å². The van der Waals surface area contributed by atoms with Crippen molar-refractivity contribution in [1.29, 1.82) is 0 Å². The Bertz CT molecular complexity index is 1330. The zero-order chi connectivity index (χ0) is 27.5. The van der Waals surface area contributed by atoms with E-state index in [4.69, 9.17) is 0 Å². The third kappa shape index (κ3) is 5.80. The van der Waals surface area contributed by atoms with E-state index in [1.165, 1.54) is 11.1 Å². The van der Waals surface area contributed by atoms with Gasteiger partial charge in [-0.1, -0.05) is 70.2 Å². The smallest absolute Gasteiger partial charge is 0.323 e. The SMILES string of the molecule is CC(C)c1cccc(C(C)C)c1NC(=O)Nc1ccc(N2CCc3ccccc3C2)c(C(=O)N2CCCC2)c1. The van der Waals surface area contributed by atoms with Crippen LogP contribution in [0.15, 0.2) is 60.7 Å². The summed E-state index contributed by atoms with van der Waals surface area (Å²) in [6.45, 7) is 11.7. The van der Waals surface area contributed by atoms with Gasteiger partial charge in [-0.05, 0) is 71.6 Å². The minimum Gasteiger partial charge on any atom is -0.366 e. The summed E-state index contributed by atoms with van der Waals surface area (Å²) in [5, 5.41) is 6.14. The fraction of sp³-hybridized carbons (Fsp3) is 0.394. The molecule has 3 aromatic rings. The summed E-state index contributed by atoms with van der Waals surface area (Å²) in [7, 11) is 0. The monoisotopic (exact) mass is 524 g/mol. The van der Waals surface area contributed by atoms with Gasteiger partial charge in [0.05, 0.1) is 5.56 Å². The van der Waals surface area contributed by atoms with Gasteiger partial charge in [0.2, 0.25) is 0 Å². The van der Waals surface area contributed by atoms with Crippen molar-refractivity contribution in [3.8, 4) is 0 Å². The maximum absolute atomic E-state index is 13.7. The van der Waals surface area contributed by atoms with E-state index < -0.39 is 0 Å². The molecule has 2 aliphatic rings. The Morgan fingerprint density at radius 3 is 2.10 bits per heavy atom. The van der Waals surface area contributed by atoms with Gasteiger partial charge in [0.1, 0.15) is 0 Å². The largest absolute Gasteiger partial charge is 0.366 e. The molecule has 0 aromatic heterocycles. The van der Waals surface area contributed by atoms with Crippen LogP contribution < -0.4 is 15.5 Å². The van der Waals surface area contributed by atoms with Gasteiger partial charge in [-0.15, -0.1) is 0 Å². The van der Waals surface area contributed by atoms with E-state index in [0.717, 1.165) is 67.9 Å². The lowest BCUT2D eigenvalue weighted by Gasteiger charge is -2.33. The molecule has 0 unspecified atom stereocenters. The Balaban J connectivity index is 1.42. The lowest BCUT2D eigenvalue weighted by atomic mass is 9.93. The maximum atomic E-state index is 13.7. The number of rotatable bonds is 6. The predicted molar refractivity (Wildman–Crippen MR) is 160 cm³/mol. The molecule has 2 N–H and O–H groups in total. The third-order valence-corrected chi connectivity index (χ3v) is 7.96. The highest BCUT2D eigenvalue weighted by molar-refractivity contribution is 6.04. The van der Waals surface area contributed by atoms with Crippen molar-refractivity contribution < 1.29 is 9.59 Å². The van der Waals surface area contributed by atoms with Crippen molar-refractivity contribution in [2.75, 3.05) is 35.2 Å². The topological polar surface area (TPSA) is 64.7 Å². The quantitative estimate of drug-likeness (QED) is 0.354. The van der Waals surface area contributed by atoms with Crippen LogP contribution in [0.5, 0.6) is 0 Å². The minimum atomic E-state index is -0.302. The average molecular weight is 525 g/mol. The van der Waals surface area contributed by atoms with E-state index in [1.807, 2.05) is 23.1 Å². The number of benzene rings is 3. The summed E-state index contributed by atoms with van der Waals surface area (Å²) in [4.78, 5) is 31.2. The number of para-hydroxylation sites is 1. The summed E-state index contributed by atoms with van der Waals surface area (Å²) in [6, 6.07) is 20.2. The van der Waals surface area contributed by atoms with Crippen molar-refractivity contribution in [3.63, 3.8) is 0 Å². The van der Waals surface area contributed by atoms with Crippen LogP contribution in [0, 0.1) is 0 Å². The molecule has 0 spiro atoms. The lowest BCUT2D eigenvalue weighted by Crippen LogP contribution is -2.34. The molecule has 0 saturated carbocycles. The summed E-state index contributed by atoms with van der Waals surface area (Å²) < 4.78 is 0. The number of carbonyl (C=O) groups excluding carboxylic acids is 2. The van der Waals surface area contributed by atoms with Crippen molar-refractivity contribution in [2.45, 2.75) is 65.3 Å². The molecule has 1 fully saturated rings. The van der Waals surface area contributed by atoms with Gasteiger partial charge in [-0.3, -0.25) is 4.79 Å². The minimum absolute atomic E-state index is 0.0395. The molecule has 204 valence electrons. The molecule has 0 radical (unpaired) electrons. The number of carbonyl (C=O) groups is 2. The van der Waals surface area contributed by atoms with Crippen LogP contribution in [0.25, 0.3) is 0 Å². The van der Waals surface area contributed by atoms with E-state index in [1.54, 1.807) is 0 Å². The van der Waals surface area contributed by atoms with Crippen LogP contribution in [-0.4, -0.2) is 36.5 Å². The van der Waals surface area contributed by atoms with Crippen molar-refractivity contribution in [2.24, 2.45) is 0 Å². The molecule has 6 heteroatoms. The summed E-state index contributed by atoms with van der Waals surface area (Å²) >= 11 is 0. The highest BCUT2D eigenvalue weighted by Crippen LogP contribution is 2.34. The van der Waals surface area contributed by atoms with Gasteiger partial charge in [0.25, 0.3) is 5.91 Å². The first-order chi connectivity index (χ1) is 18.8. The number of nitrogens with one attached hydrogen (secondary N) is 2. The molecule has 0 atom stereocenters. The van der Waals surface area contributed by atoms with E-state index in [2.05, 4.69) is 85.7 Å². The molecule has 6 nitrogen and oxygen atoms in total. The fourth-order valence-corrected chi connectivity index (χ4v) is 5.82. The van der Waals surface area contributed by atoms with Gasteiger partial charge in [0.15, 0.2) is 0 Å². The molecule has 2 aliphatic heterocycles. The normalized spacial score (nSPS) is 15.0. The molecule has 3 amide bonds. The average Bonchev–Trinajstić information content (AvgIpc) is 3.47. The Kier molecular flexibility index (Phi) is 7.92. The van der Waals surface area contributed by atoms with E-state index >= 15 is 0 Å². The van der Waals surface area contributed by atoms with Crippen molar-refractivity contribution in [3.05, 3.63) is 88.5 Å². The van der Waals surface area contributed by atoms with Gasteiger partial charge in [-0.25, -0.2) is 4.79 Å². The van der Waals surface area contributed by atoms with E-state index in [-0.39, 0.29) is 23.8 Å². The molecule has 39 heavy (non-hydrogen) atoms. The number of fused-ring (bicyclic) bond motifs is 1. The van der Waals surface area contributed by atoms with Gasteiger partial charge in [0, 0.05) is 43.2 Å². The zero-order valence-corrected chi connectivity index (χ0v) is 23.6. The number of amides is 3. The van der Waals surface area contributed by atoms with E-state index in [9.17, 15) is 9.59 Å². The maximum Gasteiger partial charge on any atom is 0.323 e. The second-order valence-corrected chi connectivity index (χ2v) is 11.4. The second kappa shape index (κ2) is 11.5. The Morgan fingerprint density at radius 2 is 1.44 bits per heavy atom. The highest BCUT2D eigenvalue weighted by Gasteiger charge is 2.26. The fourth-order valence-electron chi connectivity index (χ4n) is 5.82. The standard InChI is InChI=1S/C33H40N4O2/c1-22(2)27-12-9-13-28(23(3)4)31(27)35-33(39)34-26-14-15-30(29(20-26)32(38)36-17-7-8-18-36)37-19-16-24-10-5-6-11-25(24)21-37/h5-6,9-15,20,22-23H,7-8,16-19,21H2,1-4H3,(H2,34,35,39). The van der Waals surface area contributed by atoms with Crippen LogP contribution in [0.4, 0.5) is 21.9 Å². The first-order valence-electron chi connectivity index (χ1n) is 14.3. The van der Waals surface area contributed by atoms with Gasteiger partial charge < -0.3 is 20.4 Å². The molecule has 5 rings (SSSR count). The Morgan fingerprint density at radius 1 is 0.769 bits per heavy atom. The Labute approximate surface area is 232 Å². The second-order valence-electron chi connectivity index (χ2n) is 11.4. The summed E-state index contributed by atoms with van der Waals surface area (Å²) in [6.07, 6.45) is 3.02. The van der Waals surface area contributed by atoms with Crippen LogP contribution in [0.1, 0.15) is 85.0 Å². The first kappa shape index (κ1) is 26.8. The first-order valence-corrected chi connectivity index (χ1v) is 14.3. The summed E-state index contributed by atoms with van der Waals surface area (Å²) in [5.74, 6) is 0.591. The van der Waals surface area contributed by atoms with Gasteiger partial charge in [-0.2, -0.15) is 0 Å². The molecule has 0 bridgehead atoms. The Hall–Kier alpha value is -3.80. The number of hydrogen-bond acceptors (Lipinski definition) is 3. The van der Waals surface area contributed by atoms with Crippen molar-refractivity contribution >= 4 is 29.0 Å². The summed E-state index contributed by atoms with van der Waals surface area (Å²) in [5.41, 5.74) is 7.97. The predicted octanol–water partition coefficient (Wildman–Crippen LogP) is 7.38. The zero-order valence-electron chi connectivity index (χ0n) is 23.6. The third-order valence-electron chi connectivity index (χ3n) is 7.96. The van der Waals surface area contributed by atoms with Crippen LogP contribution >= 0.6 is 0 Å². The molecule has 0 aliphatic carbocycles. The molecular formula is C33H40N4O2. The molecule has 1 saturated heterocycles. The van der Waals surface area contributed by atoms with Crippen LogP contribution in [0.2, 0.25) is 0 Å². The van der Waals surface area contributed by atoms with Crippen LogP contribution in [-0.2, 0) is 13.0 Å².